The van der Waals surface area contributed by atoms with Crippen LogP contribution in [0.5, 0.6) is 0 Å². The SMILES string of the molecule is CCCCCCC[C@@H](C#C[C@H](O[Si](C)(C)C(C)(C)C)[C@H]1CC[C@H]([C@H]2CC[C@H](COC(=O)c3ccccc3)O2)O1)O[Si](C)(C)C(C)(C)C. The molecule has 6 atom stereocenters. The molecule has 0 spiro atoms. The van der Waals surface area contributed by atoms with Crippen molar-refractivity contribution < 1.29 is 27.9 Å². The van der Waals surface area contributed by atoms with E-state index in [0.29, 0.717) is 5.56 Å². The highest BCUT2D eigenvalue weighted by atomic mass is 28.4. The van der Waals surface area contributed by atoms with Crippen molar-refractivity contribution >= 4 is 22.6 Å². The fourth-order valence-electron chi connectivity index (χ4n) is 5.64. The predicted molar refractivity (Wildman–Crippen MR) is 198 cm³/mol. The van der Waals surface area contributed by atoms with Gasteiger partial charge in [-0.15, -0.1) is 0 Å². The van der Waals surface area contributed by atoms with E-state index >= 15 is 0 Å². The third-order valence-corrected chi connectivity index (χ3v) is 19.8. The Morgan fingerprint density at radius 2 is 1.40 bits per heavy atom. The summed E-state index contributed by atoms with van der Waals surface area (Å²) in [5.74, 6) is 6.93. The van der Waals surface area contributed by atoms with E-state index in [0.717, 1.165) is 38.5 Å². The van der Waals surface area contributed by atoms with E-state index in [4.69, 9.17) is 23.1 Å². The second-order valence-corrected chi connectivity index (χ2v) is 26.3. The molecule has 0 amide bonds. The Bertz CT molecular complexity index is 1160. The highest BCUT2D eigenvalue weighted by Crippen LogP contribution is 2.40. The maximum absolute atomic E-state index is 12.4. The maximum Gasteiger partial charge on any atom is 0.338 e. The molecule has 3 rings (SSSR count). The lowest BCUT2D eigenvalue weighted by Crippen LogP contribution is -2.47. The standard InChI is InChI=1S/C39H66O6Si2/c1-12-13-14-15-19-22-31(44-46(8,9)38(2,3)4)23-26-36(45-47(10,11)39(5,6)7)35-28-27-34(43-35)33-25-24-32(42-33)29-41-37(40)30-20-17-16-18-21-30/h16-18,20-21,31-36H,12-15,19,22,24-25,27-29H2,1-11H3/t31-,32+,33+,34+,35+,36-/m0/s1. The zero-order valence-electron chi connectivity index (χ0n) is 31.6. The minimum absolute atomic E-state index is 0.0139. The lowest BCUT2D eigenvalue weighted by atomic mass is 10.0. The van der Waals surface area contributed by atoms with Crippen LogP contribution < -0.4 is 0 Å². The summed E-state index contributed by atoms with van der Waals surface area (Å²) in [5, 5.41) is 0.174. The van der Waals surface area contributed by atoms with Gasteiger partial charge in [0.15, 0.2) is 16.6 Å². The number of rotatable bonds is 15. The van der Waals surface area contributed by atoms with Crippen LogP contribution in [0.3, 0.4) is 0 Å². The van der Waals surface area contributed by atoms with Crippen LogP contribution in [-0.2, 0) is 23.1 Å². The van der Waals surface area contributed by atoms with Gasteiger partial charge in [-0.25, -0.2) is 4.79 Å². The molecule has 0 N–H and O–H groups in total. The van der Waals surface area contributed by atoms with Gasteiger partial charge in [-0.3, -0.25) is 0 Å². The quantitative estimate of drug-likeness (QED) is 0.0792. The van der Waals surface area contributed by atoms with Crippen LogP contribution in [-0.4, -0.2) is 65.8 Å². The average Bonchev–Trinajstić information content (AvgIpc) is 3.67. The van der Waals surface area contributed by atoms with Gasteiger partial charge in [0.05, 0.1) is 30.0 Å². The number of hydrogen-bond donors (Lipinski definition) is 0. The number of carbonyl (C=O) groups is 1. The van der Waals surface area contributed by atoms with Crippen molar-refractivity contribution in [1.29, 1.82) is 0 Å². The first-order valence-corrected chi connectivity index (χ1v) is 24.1. The minimum Gasteiger partial charge on any atom is -0.459 e. The van der Waals surface area contributed by atoms with Crippen molar-refractivity contribution in [3.8, 4) is 11.8 Å². The van der Waals surface area contributed by atoms with Gasteiger partial charge >= 0.3 is 5.97 Å². The van der Waals surface area contributed by atoms with Gasteiger partial charge in [0, 0.05) is 0 Å². The monoisotopic (exact) mass is 686 g/mol. The fraction of sp³-hybridized carbons (Fsp3) is 0.769. The highest BCUT2D eigenvalue weighted by Gasteiger charge is 2.45. The van der Waals surface area contributed by atoms with E-state index in [1.165, 1.54) is 25.7 Å². The summed E-state index contributed by atoms with van der Waals surface area (Å²) in [5.41, 5.74) is 0.561. The Morgan fingerprint density at radius 1 is 0.809 bits per heavy atom. The molecule has 2 fully saturated rings. The van der Waals surface area contributed by atoms with Crippen LogP contribution in [0.2, 0.25) is 36.3 Å². The molecular formula is C39H66O6Si2. The molecule has 0 radical (unpaired) electrons. The van der Waals surface area contributed by atoms with Crippen molar-refractivity contribution in [3.05, 3.63) is 35.9 Å². The zero-order chi connectivity index (χ0) is 34.9. The van der Waals surface area contributed by atoms with Crippen LogP contribution in [0.4, 0.5) is 0 Å². The first kappa shape index (κ1) is 40.0. The molecule has 2 aliphatic rings. The lowest BCUT2D eigenvalue weighted by molar-refractivity contribution is -0.0888. The summed E-state index contributed by atoms with van der Waals surface area (Å²) >= 11 is 0. The molecule has 2 heterocycles. The summed E-state index contributed by atoms with van der Waals surface area (Å²) in [6.45, 7) is 25.5. The molecule has 0 saturated carbocycles. The van der Waals surface area contributed by atoms with Gasteiger partial charge in [-0.05, 0) is 86.9 Å². The lowest BCUT2D eigenvalue weighted by Gasteiger charge is -2.39. The summed E-state index contributed by atoms with van der Waals surface area (Å²) in [6.07, 6.45) is 9.98. The molecule has 1 aromatic carbocycles. The van der Waals surface area contributed by atoms with E-state index in [2.05, 4.69) is 86.5 Å². The van der Waals surface area contributed by atoms with E-state index < -0.39 is 16.6 Å². The van der Waals surface area contributed by atoms with Crippen LogP contribution in [0, 0.1) is 11.8 Å². The summed E-state index contributed by atoms with van der Waals surface area (Å²) < 4.78 is 32.7. The maximum atomic E-state index is 12.4. The molecule has 8 heteroatoms. The molecule has 0 aliphatic carbocycles. The van der Waals surface area contributed by atoms with Crippen LogP contribution in [0.25, 0.3) is 0 Å². The third kappa shape index (κ3) is 12.1. The summed E-state index contributed by atoms with van der Waals surface area (Å²) in [4.78, 5) is 12.4. The molecular weight excluding hydrogens is 621 g/mol. The molecule has 266 valence electrons. The molecule has 2 aliphatic heterocycles. The second-order valence-electron chi connectivity index (χ2n) is 16.8. The molecule has 0 unspecified atom stereocenters. The highest BCUT2D eigenvalue weighted by molar-refractivity contribution is 6.74. The van der Waals surface area contributed by atoms with Gasteiger partial charge in [-0.1, -0.05) is 104 Å². The summed E-state index contributed by atoms with van der Waals surface area (Å²) in [7, 11) is -4.14. The Labute approximate surface area is 289 Å². The zero-order valence-corrected chi connectivity index (χ0v) is 33.6. The molecule has 1 aromatic rings. The second kappa shape index (κ2) is 17.4. The van der Waals surface area contributed by atoms with Crippen molar-refractivity contribution in [3.63, 3.8) is 0 Å². The molecule has 2 saturated heterocycles. The molecule has 6 nitrogen and oxygen atoms in total. The Kier molecular flexibility index (Phi) is 14.8. The van der Waals surface area contributed by atoms with Crippen molar-refractivity contribution in [2.24, 2.45) is 0 Å². The van der Waals surface area contributed by atoms with Crippen molar-refractivity contribution in [1.82, 2.24) is 0 Å². The smallest absolute Gasteiger partial charge is 0.338 e. The van der Waals surface area contributed by atoms with Gasteiger partial charge in [-0.2, -0.15) is 0 Å². The number of hydrogen-bond acceptors (Lipinski definition) is 6. The van der Waals surface area contributed by atoms with Gasteiger partial charge in [0.2, 0.25) is 0 Å². The topological polar surface area (TPSA) is 63.2 Å². The number of benzene rings is 1. The Balaban J connectivity index is 1.71. The van der Waals surface area contributed by atoms with Crippen molar-refractivity contribution in [2.45, 2.75) is 186 Å². The van der Waals surface area contributed by atoms with Gasteiger partial charge in [0.25, 0.3) is 0 Å². The fourth-order valence-corrected chi connectivity index (χ4v) is 8.08. The van der Waals surface area contributed by atoms with E-state index in [1.54, 1.807) is 12.1 Å². The van der Waals surface area contributed by atoms with Gasteiger partial charge in [0.1, 0.15) is 18.8 Å². The Morgan fingerprint density at radius 3 is 2.04 bits per heavy atom. The Hall–Kier alpha value is -1.48. The average molecular weight is 687 g/mol. The number of carbonyl (C=O) groups excluding carboxylic acids is 1. The molecule has 47 heavy (non-hydrogen) atoms. The van der Waals surface area contributed by atoms with Crippen LogP contribution in [0.1, 0.15) is 123 Å². The first-order chi connectivity index (χ1) is 21.9. The van der Waals surface area contributed by atoms with E-state index in [9.17, 15) is 4.79 Å². The summed E-state index contributed by atoms with van der Waals surface area (Å²) in [6, 6.07) is 9.12. The largest absolute Gasteiger partial charge is 0.459 e. The van der Waals surface area contributed by atoms with Gasteiger partial charge < -0.3 is 23.1 Å². The number of ether oxygens (including phenoxy) is 3. The minimum atomic E-state index is -2.13. The van der Waals surface area contributed by atoms with Crippen LogP contribution >= 0.6 is 0 Å². The predicted octanol–water partition coefficient (Wildman–Crippen LogP) is 10.1. The van der Waals surface area contributed by atoms with Crippen LogP contribution in [0.15, 0.2) is 30.3 Å². The van der Waals surface area contributed by atoms with E-state index in [1.807, 2.05) is 18.2 Å². The number of unbranched alkanes of at least 4 members (excludes halogenated alkanes) is 4. The first-order valence-electron chi connectivity index (χ1n) is 18.3. The molecule has 0 bridgehead atoms. The van der Waals surface area contributed by atoms with Crippen molar-refractivity contribution in [2.75, 3.05) is 6.61 Å². The number of esters is 1. The molecule has 0 aromatic heterocycles. The third-order valence-electron chi connectivity index (χ3n) is 10.8. The van der Waals surface area contributed by atoms with E-state index in [-0.39, 0.29) is 59.3 Å². The normalized spacial score (nSPS) is 23.6.